The quantitative estimate of drug-likeness (QED) is 0.722. The topological polar surface area (TPSA) is 44.4 Å². The summed E-state index contributed by atoms with van der Waals surface area (Å²) in [4.78, 5) is 12.8. The molecule has 0 fully saturated rings. The number of carbonyl (C=O) groups is 1. The van der Waals surface area contributed by atoms with E-state index in [-0.39, 0.29) is 5.41 Å². The maximum Gasteiger partial charge on any atom is 0.270 e. The van der Waals surface area contributed by atoms with E-state index in [0.29, 0.717) is 5.69 Å². The number of alkyl halides is 2. The largest absolute Gasteiger partial charge is 0.323 e. The zero-order valence-corrected chi connectivity index (χ0v) is 17.5. The molecule has 3 rings (SSSR count). The number of amides is 1. The molecule has 1 amide bonds. The predicted octanol–water partition coefficient (Wildman–Crippen LogP) is 4.66. The molecule has 1 heterocycles. The Morgan fingerprint density at radius 3 is 2.37 bits per heavy atom. The molecule has 0 aliphatic carbocycles. The van der Waals surface area contributed by atoms with Crippen molar-refractivity contribution in [2.45, 2.75) is 32.7 Å². The Labute approximate surface area is 175 Å². The number of halogens is 2. The number of nitrogens with one attached hydrogen (secondary N) is 2. The first-order valence-corrected chi connectivity index (χ1v) is 9.63. The molecule has 1 atom stereocenters. The van der Waals surface area contributed by atoms with Crippen LogP contribution in [0.15, 0.2) is 60.8 Å². The summed E-state index contributed by atoms with van der Waals surface area (Å²) in [5, 5.41) is 4.01. The highest BCUT2D eigenvalue weighted by molar-refractivity contribution is 6.03. The predicted molar refractivity (Wildman–Crippen MR) is 116 cm³/mol. The van der Waals surface area contributed by atoms with Gasteiger partial charge in [0.15, 0.2) is 5.54 Å². The van der Waals surface area contributed by atoms with Crippen molar-refractivity contribution < 1.29 is 13.6 Å². The first-order valence-electron chi connectivity index (χ1n) is 9.63. The van der Waals surface area contributed by atoms with E-state index in [1.807, 2.05) is 57.2 Å². The van der Waals surface area contributed by atoms with Gasteiger partial charge in [-0.15, -0.1) is 0 Å². The molecule has 2 aromatic carbocycles. The van der Waals surface area contributed by atoms with Crippen molar-refractivity contribution in [1.29, 1.82) is 0 Å². The van der Waals surface area contributed by atoms with Crippen LogP contribution < -0.4 is 10.7 Å². The molecule has 2 N–H and O–H groups in total. The van der Waals surface area contributed by atoms with Crippen LogP contribution >= 0.6 is 0 Å². The molecule has 1 aliphatic rings. The number of carbonyl (C=O) groups excluding carboxylic acids is 1. The summed E-state index contributed by atoms with van der Waals surface area (Å²) in [7, 11) is 1.56. The summed E-state index contributed by atoms with van der Waals surface area (Å²) in [5.41, 5.74) is 3.26. The summed E-state index contributed by atoms with van der Waals surface area (Å²) >= 11 is 0. The Balaban J connectivity index is 1.87. The molecule has 0 spiro atoms. The molecule has 0 bridgehead atoms. The fourth-order valence-electron chi connectivity index (χ4n) is 3.01. The highest BCUT2D eigenvalue weighted by Gasteiger charge is 2.48. The summed E-state index contributed by atoms with van der Waals surface area (Å²) in [6, 6.07) is 14.7. The third kappa shape index (κ3) is 4.69. The minimum Gasteiger partial charge on any atom is -0.323 e. The molecule has 6 heteroatoms. The van der Waals surface area contributed by atoms with Gasteiger partial charge in [-0.25, -0.2) is 14.2 Å². The number of hydrogen-bond acceptors (Lipinski definition) is 3. The minimum absolute atomic E-state index is 0.0903. The third-order valence-electron chi connectivity index (χ3n) is 4.60. The molecule has 0 radical (unpaired) electrons. The number of benzene rings is 2. The maximum absolute atomic E-state index is 13.7. The molecule has 0 saturated heterocycles. The Morgan fingerprint density at radius 1 is 1.13 bits per heavy atom. The van der Waals surface area contributed by atoms with Gasteiger partial charge in [0, 0.05) is 35.5 Å². The van der Waals surface area contributed by atoms with E-state index in [1.165, 1.54) is 17.3 Å². The van der Waals surface area contributed by atoms with E-state index >= 15 is 0 Å². The highest BCUT2D eigenvalue weighted by atomic mass is 19.3. The standard InChI is InChI=1S/C24H25F2N3O/c1-23(2,3)14-13-17-9-11-18(12-10-17)19-7-5-6-8-20(19)27-22(30)24(21(25)26)15-16-29(4)28-24/h5-12,15-16,21,28H,1-4H3,(H,27,30). The number of anilines is 1. The van der Waals surface area contributed by atoms with E-state index in [0.717, 1.165) is 16.7 Å². The van der Waals surface area contributed by atoms with Crippen LogP contribution in [0, 0.1) is 17.3 Å². The lowest BCUT2D eigenvalue weighted by Crippen LogP contribution is -2.58. The summed E-state index contributed by atoms with van der Waals surface area (Å²) in [6.45, 7) is 6.14. The van der Waals surface area contributed by atoms with Gasteiger partial charge >= 0.3 is 0 Å². The molecule has 2 aromatic rings. The molecular weight excluding hydrogens is 384 g/mol. The van der Waals surface area contributed by atoms with E-state index in [1.54, 1.807) is 19.2 Å². The zero-order chi connectivity index (χ0) is 21.9. The van der Waals surface area contributed by atoms with E-state index in [4.69, 9.17) is 0 Å². The second kappa shape index (κ2) is 8.29. The molecule has 4 nitrogen and oxygen atoms in total. The number of para-hydroxylation sites is 1. The number of nitrogens with zero attached hydrogens (tertiary/aromatic N) is 1. The highest BCUT2D eigenvalue weighted by Crippen LogP contribution is 2.31. The number of rotatable bonds is 4. The normalized spacial score (nSPS) is 18.3. The van der Waals surface area contributed by atoms with Crippen LogP contribution in [0.5, 0.6) is 0 Å². The maximum atomic E-state index is 13.7. The van der Waals surface area contributed by atoms with Crippen molar-refractivity contribution in [1.82, 2.24) is 10.4 Å². The van der Waals surface area contributed by atoms with Crippen molar-refractivity contribution in [2.24, 2.45) is 5.41 Å². The van der Waals surface area contributed by atoms with Gasteiger partial charge in [0.25, 0.3) is 12.3 Å². The Bertz CT molecular complexity index is 1010. The Hall–Kier alpha value is -3.17. The first-order chi connectivity index (χ1) is 14.1. The first kappa shape index (κ1) is 21.5. The van der Waals surface area contributed by atoms with Crippen LogP contribution in [-0.2, 0) is 4.79 Å². The number of hydrogen-bond donors (Lipinski definition) is 2. The van der Waals surface area contributed by atoms with E-state index < -0.39 is 17.9 Å². The fraction of sp³-hybridized carbons (Fsp3) is 0.292. The van der Waals surface area contributed by atoms with Gasteiger partial charge in [0.2, 0.25) is 0 Å². The Kier molecular flexibility index (Phi) is 5.95. The average molecular weight is 409 g/mol. The molecule has 0 saturated carbocycles. The average Bonchev–Trinajstić information content (AvgIpc) is 3.10. The Morgan fingerprint density at radius 2 is 1.80 bits per heavy atom. The lowest BCUT2D eigenvalue weighted by atomic mass is 9.96. The van der Waals surface area contributed by atoms with Gasteiger partial charge in [-0.3, -0.25) is 4.79 Å². The lowest BCUT2D eigenvalue weighted by Gasteiger charge is -2.28. The minimum atomic E-state index is -2.91. The zero-order valence-electron chi connectivity index (χ0n) is 17.5. The van der Waals surface area contributed by atoms with Crippen molar-refractivity contribution in [3.63, 3.8) is 0 Å². The summed E-state index contributed by atoms with van der Waals surface area (Å²) in [5.74, 6) is 5.51. The summed E-state index contributed by atoms with van der Waals surface area (Å²) in [6.07, 6.45) is -0.320. The molecule has 0 aromatic heterocycles. The molecule has 1 unspecified atom stereocenters. The molecule has 1 aliphatic heterocycles. The van der Waals surface area contributed by atoms with Crippen molar-refractivity contribution in [2.75, 3.05) is 12.4 Å². The lowest BCUT2D eigenvalue weighted by molar-refractivity contribution is -0.127. The van der Waals surface area contributed by atoms with Crippen molar-refractivity contribution in [3.8, 4) is 23.0 Å². The van der Waals surface area contributed by atoms with Crippen molar-refractivity contribution >= 4 is 11.6 Å². The van der Waals surface area contributed by atoms with Gasteiger partial charge in [-0.2, -0.15) is 0 Å². The number of hydrazine groups is 1. The monoisotopic (exact) mass is 409 g/mol. The second-order valence-electron chi connectivity index (χ2n) is 8.29. The van der Waals surface area contributed by atoms with Crippen LogP contribution in [0.1, 0.15) is 26.3 Å². The molecule has 30 heavy (non-hydrogen) atoms. The molecular formula is C24H25F2N3O. The molecule has 156 valence electrons. The summed E-state index contributed by atoms with van der Waals surface area (Å²) < 4.78 is 27.5. The van der Waals surface area contributed by atoms with E-state index in [2.05, 4.69) is 22.6 Å². The van der Waals surface area contributed by atoms with Crippen LogP contribution in [0.3, 0.4) is 0 Å². The van der Waals surface area contributed by atoms with Gasteiger partial charge in [0.05, 0.1) is 0 Å². The van der Waals surface area contributed by atoms with Gasteiger partial charge in [-0.1, -0.05) is 42.2 Å². The third-order valence-corrected chi connectivity index (χ3v) is 4.60. The SMILES string of the molecule is CN1C=CC(C(=O)Nc2ccccc2-c2ccc(C#CC(C)(C)C)cc2)(C(F)F)N1. The van der Waals surface area contributed by atoms with Gasteiger partial charge in [-0.05, 0) is 50.6 Å². The van der Waals surface area contributed by atoms with Crippen LogP contribution in [-0.4, -0.2) is 29.9 Å². The van der Waals surface area contributed by atoms with Crippen LogP contribution in [0.2, 0.25) is 0 Å². The van der Waals surface area contributed by atoms with Crippen LogP contribution in [0.4, 0.5) is 14.5 Å². The smallest absolute Gasteiger partial charge is 0.270 e. The van der Waals surface area contributed by atoms with Crippen LogP contribution in [0.25, 0.3) is 11.1 Å². The van der Waals surface area contributed by atoms with Gasteiger partial charge < -0.3 is 10.3 Å². The fourth-order valence-corrected chi connectivity index (χ4v) is 3.01. The van der Waals surface area contributed by atoms with Gasteiger partial charge in [0.1, 0.15) is 0 Å². The second-order valence-corrected chi connectivity index (χ2v) is 8.29. The van der Waals surface area contributed by atoms with Crippen molar-refractivity contribution in [3.05, 3.63) is 66.4 Å². The van der Waals surface area contributed by atoms with E-state index in [9.17, 15) is 13.6 Å².